The molecule has 5 heteroatoms. The quantitative estimate of drug-likeness (QED) is 0.758. The fourth-order valence-electron chi connectivity index (χ4n) is 2.76. The maximum absolute atomic E-state index is 11.7. The molecule has 0 spiro atoms. The fourth-order valence-corrected chi connectivity index (χ4v) is 2.76. The molecule has 2 aromatic heterocycles. The van der Waals surface area contributed by atoms with Crippen LogP contribution in [0.1, 0.15) is 24.6 Å². The lowest BCUT2D eigenvalue weighted by Crippen LogP contribution is -2.16. The molecule has 0 aliphatic carbocycles. The minimum Gasteiger partial charge on any atom is -0.330 e. The van der Waals surface area contributed by atoms with Crippen LogP contribution < -0.4 is 11.1 Å². The van der Waals surface area contributed by atoms with Crippen molar-refractivity contribution in [2.24, 2.45) is 5.73 Å². The molecule has 3 N–H and O–H groups in total. The second-order valence-corrected chi connectivity index (χ2v) is 5.83. The van der Waals surface area contributed by atoms with Gasteiger partial charge in [-0.15, -0.1) is 0 Å². The molecule has 24 heavy (non-hydrogen) atoms. The number of benzene rings is 1. The number of hydrogen-bond acceptors (Lipinski definition) is 3. The Bertz CT molecular complexity index is 865. The predicted octanol–water partition coefficient (Wildman–Crippen LogP) is 3.16. The minimum atomic E-state index is -0.0787. The normalized spacial score (nSPS) is 11.0. The molecule has 0 bridgehead atoms. The first kappa shape index (κ1) is 16.2. The molecule has 0 unspecified atom stereocenters. The van der Waals surface area contributed by atoms with Crippen LogP contribution in [0.15, 0.2) is 42.6 Å². The Labute approximate surface area is 141 Å². The summed E-state index contributed by atoms with van der Waals surface area (Å²) in [5.41, 5.74) is 11.4. The van der Waals surface area contributed by atoms with Gasteiger partial charge < -0.3 is 15.5 Å². The van der Waals surface area contributed by atoms with Crippen molar-refractivity contribution in [3.63, 3.8) is 0 Å². The van der Waals surface area contributed by atoms with E-state index in [0.29, 0.717) is 13.0 Å². The second kappa shape index (κ2) is 6.84. The Hall–Kier alpha value is -2.66. The third-order valence-corrected chi connectivity index (χ3v) is 4.15. The predicted molar refractivity (Wildman–Crippen MR) is 97.0 cm³/mol. The van der Waals surface area contributed by atoms with Gasteiger partial charge in [0.15, 0.2) is 0 Å². The Kier molecular flexibility index (Phi) is 4.62. The number of hydrogen-bond donors (Lipinski definition) is 2. The zero-order valence-corrected chi connectivity index (χ0v) is 14.0. The van der Waals surface area contributed by atoms with Crippen LogP contribution in [0.3, 0.4) is 0 Å². The maximum atomic E-state index is 11.7. The average molecular weight is 322 g/mol. The van der Waals surface area contributed by atoms with E-state index in [9.17, 15) is 4.79 Å². The van der Waals surface area contributed by atoms with E-state index in [-0.39, 0.29) is 5.91 Å². The number of pyridine rings is 1. The SMILES string of the molecule is CCc1ccc(-c2nc3ccc(NC(=O)CCN)cn3c2C)cc1. The first-order valence-corrected chi connectivity index (χ1v) is 8.20. The lowest BCUT2D eigenvalue weighted by molar-refractivity contribution is -0.116. The monoisotopic (exact) mass is 322 g/mol. The number of carbonyl (C=O) groups is 1. The van der Waals surface area contributed by atoms with E-state index >= 15 is 0 Å². The van der Waals surface area contributed by atoms with Gasteiger partial charge in [0.25, 0.3) is 0 Å². The van der Waals surface area contributed by atoms with E-state index in [1.807, 2.05) is 29.7 Å². The van der Waals surface area contributed by atoms with E-state index < -0.39 is 0 Å². The summed E-state index contributed by atoms with van der Waals surface area (Å²) < 4.78 is 2.00. The summed E-state index contributed by atoms with van der Waals surface area (Å²) in [5, 5.41) is 2.86. The lowest BCUT2D eigenvalue weighted by Gasteiger charge is -2.06. The van der Waals surface area contributed by atoms with Crippen molar-refractivity contribution in [1.82, 2.24) is 9.38 Å². The molecule has 0 fully saturated rings. The molecule has 0 atom stereocenters. The summed E-state index contributed by atoms with van der Waals surface area (Å²) in [7, 11) is 0. The van der Waals surface area contributed by atoms with Gasteiger partial charge in [-0.25, -0.2) is 4.98 Å². The average Bonchev–Trinajstić information content (AvgIpc) is 2.92. The van der Waals surface area contributed by atoms with E-state index in [1.165, 1.54) is 5.56 Å². The van der Waals surface area contributed by atoms with Crippen molar-refractivity contribution in [2.75, 3.05) is 11.9 Å². The van der Waals surface area contributed by atoms with Gasteiger partial charge in [0.1, 0.15) is 5.65 Å². The molecular formula is C19H22N4O. The highest BCUT2D eigenvalue weighted by Crippen LogP contribution is 2.25. The van der Waals surface area contributed by atoms with Crippen LogP contribution in [0.2, 0.25) is 0 Å². The number of aryl methyl sites for hydroxylation is 2. The van der Waals surface area contributed by atoms with Crippen LogP contribution >= 0.6 is 0 Å². The number of nitrogens with one attached hydrogen (secondary N) is 1. The molecule has 3 aromatic rings. The van der Waals surface area contributed by atoms with Crippen LogP contribution in [-0.2, 0) is 11.2 Å². The molecule has 3 rings (SSSR count). The van der Waals surface area contributed by atoms with E-state index in [2.05, 4.69) is 36.5 Å². The van der Waals surface area contributed by atoms with E-state index in [4.69, 9.17) is 10.7 Å². The van der Waals surface area contributed by atoms with Crippen LogP contribution in [0, 0.1) is 6.92 Å². The van der Waals surface area contributed by atoms with Gasteiger partial charge in [0, 0.05) is 30.4 Å². The molecule has 1 aromatic carbocycles. The Morgan fingerprint density at radius 3 is 2.62 bits per heavy atom. The summed E-state index contributed by atoms with van der Waals surface area (Å²) in [5.74, 6) is -0.0787. The van der Waals surface area contributed by atoms with Gasteiger partial charge in [-0.3, -0.25) is 4.79 Å². The largest absolute Gasteiger partial charge is 0.330 e. The van der Waals surface area contributed by atoms with Crippen molar-refractivity contribution in [2.45, 2.75) is 26.7 Å². The summed E-state index contributed by atoms with van der Waals surface area (Å²) in [4.78, 5) is 16.4. The van der Waals surface area contributed by atoms with E-state index in [0.717, 1.165) is 34.7 Å². The molecule has 0 radical (unpaired) electrons. The number of amides is 1. The third kappa shape index (κ3) is 3.16. The summed E-state index contributed by atoms with van der Waals surface area (Å²) in [6, 6.07) is 12.3. The van der Waals surface area contributed by atoms with E-state index in [1.54, 1.807) is 0 Å². The first-order valence-electron chi connectivity index (χ1n) is 8.20. The number of nitrogens with two attached hydrogens (primary N) is 1. The standard InChI is InChI=1S/C19H22N4O/c1-3-14-4-6-15(7-5-14)19-13(2)23-12-16(8-9-17(23)22-19)21-18(24)10-11-20/h4-9,12H,3,10-11,20H2,1-2H3,(H,21,24). The van der Waals surface area contributed by atoms with Crippen LogP contribution in [0.5, 0.6) is 0 Å². The molecule has 124 valence electrons. The Balaban J connectivity index is 1.96. The van der Waals surface area contributed by atoms with Gasteiger partial charge in [-0.05, 0) is 31.0 Å². The smallest absolute Gasteiger partial charge is 0.225 e. The number of nitrogens with zero attached hydrogens (tertiary/aromatic N) is 2. The number of imidazole rings is 1. The minimum absolute atomic E-state index is 0.0787. The number of rotatable bonds is 5. The zero-order chi connectivity index (χ0) is 17.1. The molecule has 5 nitrogen and oxygen atoms in total. The number of anilines is 1. The molecule has 2 heterocycles. The highest BCUT2D eigenvalue weighted by molar-refractivity contribution is 5.90. The van der Waals surface area contributed by atoms with Crippen molar-refractivity contribution in [1.29, 1.82) is 0 Å². The summed E-state index contributed by atoms with van der Waals surface area (Å²) >= 11 is 0. The third-order valence-electron chi connectivity index (χ3n) is 4.15. The van der Waals surface area contributed by atoms with Gasteiger partial charge in [-0.2, -0.15) is 0 Å². The molecule has 0 aliphatic rings. The van der Waals surface area contributed by atoms with Gasteiger partial charge in [0.05, 0.1) is 11.4 Å². The lowest BCUT2D eigenvalue weighted by atomic mass is 10.1. The zero-order valence-electron chi connectivity index (χ0n) is 14.0. The second-order valence-electron chi connectivity index (χ2n) is 5.83. The topological polar surface area (TPSA) is 72.4 Å². The van der Waals surface area contributed by atoms with Gasteiger partial charge in [0.2, 0.25) is 5.91 Å². The van der Waals surface area contributed by atoms with Crippen LogP contribution in [0.25, 0.3) is 16.9 Å². The van der Waals surface area contributed by atoms with Crippen LogP contribution in [-0.4, -0.2) is 21.8 Å². The number of aromatic nitrogens is 2. The van der Waals surface area contributed by atoms with Crippen molar-refractivity contribution >= 4 is 17.2 Å². The van der Waals surface area contributed by atoms with Crippen molar-refractivity contribution in [3.05, 3.63) is 53.9 Å². The number of fused-ring (bicyclic) bond motifs is 1. The van der Waals surface area contributed by atoms with Crippen molar-refractivity contribution < 1.29 is 4.79 Å². The Morgan fingerprint density at radius 2 is 1.96 bits per heavy atom. The first-order chi connectivity index (χ1) is 11.6. The van der Waals surface area contributed by atoms with Crippen LogP contribution in [0.4, 0.5) is 5.69 Å². The molecule has 0 aliphatic heterocycles. The highest BCUT2D eigenvalue weighted by Gasteiger charge is 2.11. The maximum Gasteiger partial charge on any atom is 0.225 e. The number of carbonyl (C=O) groups excluding carboxylic acids is 1. The van der Waals surface area contributed by atoms with Gasteiger partial charge in [-0.1, -0.05) is 31.2 Å². The molecule has 0 saturated heterocycles. The fraction of sp³-hybridized carbons (Fsp3) is 0.263. The van der Waals surface area contributed by atoms with Crippen molar-refractivity contribution in [3.8, 4) is 11.3 Å². The molecule has 0 saturated carbocycles. The summed E-state index contributed by atoms with van der Waals surface area (Å²) in [6.07, 6.45) is 3.24. The Morgan fingerprint density at radius 1 is 1.21 bits per heavy atom. The highest BCUT2D eigenvalue weighted by atomic mass is 16.1. The molecular weight excluding hydrogens is 300 g/mol. The molecule has 1 amide bonds. The summed E-state index contributed by atoms with van der Waals surface area (Å²) in [6.45, 7) is 4.52. The van der Waals surface area contributed by atoms with Gasteiger partial charge >= 0.3 is 0 Å².